The molecule has 0 unspecified atom stereocenters. The number of H-pyrrole nitrogens is 1. The van der Waals surface area contributed by atoms with Crippen LogP contribution in [0.1, 0.15) is 38.9 Å². The van der Waals surface area contributed by atoms with Gasteiger partial charge in [-0.3, -0.25) is 4.90 Å². The summed E-state index contributed by atoms with van der Waals surface area (Å²) in [6.45, 7) is 7.75. The van der Waals surface area contributed by atoms with E-state index in [-0.39, 0.29) is 5.41 Å². The smallest absolute Gasteiger partial charge is 0.120 e. The molecule has 1 fully saturated rings. The first kappa shape index (κ1) is 13.6. The topological polar surface area (TPSA) is 52.1 Å². The van der Waals surface area contributed by atoms with Crippen molar-refractivity contribution in [2.45, 2.75) is 39.7 Å². The lowest BCUT2D eigenvalue weighted by Crippen LogP contribution is -2.45. The number of piperidine rings is 1. The SMILES string of the molecule is CC(C)C[C@@]1(CO)CCCN(Cc2ncc[nH]2)C1. The minimum atomic E-state index is 0.0962. The number of rotatable bonds is 5. The summed E-state index contributed by atoms with van der Waals surface area (Å²) in [6.07, 6.45) is 7.10. The summed E-state index contributed by atoms with van der Waals surface area (Å²) in [6, 6.07) is 0. The number of aromatic amines is 1. The van der Waals surface area contributed by atoms with Crippen LogP contribution < -0.4 is 0 Å². The Morgan fingerprint density at radius 3 is 3.00 bits per heavy atom. The maximum Gasteiger partial charge on any atom is 0.120 e. The van der Waals surface area contributed by atoms with E-state index in [1.807, 2.05) is 6.20 Å². The molecule has 2 N–H and O–H groups in total. The van der Waals surface area contributed by atoms with Crippen LogP contribution in [0.3, 0.4) is 0 Å². The fraction of sp³-hybridized carbons (Fsp3) is 0.786. The second-order valence-electron chi connectivity index (χ2n) is 6.11. The number of hydrogen-bond donors (Lipinski definition) is 2. The van der Waals surface area contributed by atoms with Crippen LogP contribution in [-0.2, 0) is 6.54 Å². The van der Waals surface area contributed by atoms with Crippen molar-refractivity contribution in [1.29, 1.82) is 0 Å². The van der Waals surface area contributed by atoms with Crippen LogP contribution in [0.25, 0.3) is 0 Å². The number of likely N-dealkylation sites (tertiary alicyclic amines) is 1. The van der Waals surface area contributed by atoms with Gasteiger partial charge in [-0.1, -0.05) is 13.8 Å². The van der Waals surface area contributed by atoms with Gasteiger partial charge in [-0.2, -0.15) is 0 Å². The van der Waals surface area contributed by atoms with Crippen LogP contribution in [0, 0.1) is 11.3 Å². The Bertz CT molecular complexity index is 350. The number of imidazole rings is 1. The summed E-state index contributed by atoms with van der Waals surface area (Å²) < 4.78 is 0. The molecule has 1 aliphatic heterocycles. The largest absolute Gasteiger partial charge is 0.396 e. The number of aliphatic hydroxyl groups is 1. The third kappa shape index (κ3) is 3.33. The van der Waals surface area contributed by atoms with E-state index in [9.17, 15) is 5.11 Å². The van der Waals surface area contributed by atoms with Crippen molar-refractivity contribution in [3.05, 3.63) is 18.2 Å². The second kappa shape index (κ2) is 5.85. The van der Waals surface area contributed by atoms with Gasteiger partial charge in [0.1, 0.15) is 5.82 Å². The molecular weight excluding hydrogens is 226 g/mol. The first-order valence-electron chi connectivity index (χ1n) is 6.95. The van der Waals surface area contributed by atoms with Gasteiger partial charge in [-0.25, -0.2) is 4.98 Å². The molecule has 0 radical (unpaired) electrons. The average Bonchev–Trinajstić information content (AvgIpc) is 2.81. The van der Waals surface area contributed by atoms with E-state index < -0.39 is 0 Å². The highest BCUT2D eigenvalue weighted by molar-refractivity contribution is 4.92. The lowest BCUT2D eigenvalue weighted by Gasteiger charge is -2.42. The van der Waals surface area contributed by atoms with Gasteiger partial charge in [0.15, 0.2) is 0 Å². The van der Waals surface area contributed by atoms with Crippen molar-refractivity contribution in [3.63, 3.8) is 0 Å². The molecule has 1 saturated heterocycles. The Hall–Kier alpha value is -0.870. The third-order valence-corrected chi connectivity index (χ3v) is 3.85. The minimum absolute atomic E-state index is 0.0962. The number of nitrogens with one attached hydrogen (secondary N) is 1. The van der Waals surface area contributed by atoms with E-state index >= 15 is 0 Å². The van der Waals surface area contributed by atoms with E-state index in [1.54, 1.807) is 6.20 Å². The van der Waals surface area contributed by atoms with Crippen LogP contribution >= 0.6 is 0 Å². The molecule has 0 amide bonds. The van der Waals surface area contributed by atoms with Gasteiger partial charge in [0, 0.05) is 31.0 Å². The van der Waals surface area contributed by atoms with E-state index in [4.69, 9.17) is 0 Å². The lowest BCUT2D eigenvalue weighted by molar-refractivity contribution is 0.0124. The maximum absolute atomic E-state index is 9.78. The molecule has 0 aromatic carbocycles. The van der Waals surface area contributed by atoms with Gasteiger partial charge in [-0.05, 0) is 31.7 Å². The summed E-state index contributed by atoms with van der Waals surface area (Å²) in [7, 11) is 0. The summed E-state index contributed by atoms with van der Waals surface area (Å²) in [4.78, 5) is 9.86. The zero-order valence-electron chi connectivity index (χ0n) is 11.5. The van der Waals surface area contributed by atoms with Crippen molar-refractivity contribution in [1.82, 2.24) is 14.9 Å². The third-order valence-electron chi connectivity index (χ3n) is 3.85. The van der Waals surface area contributed by atoms with E-state index in [0.717, 1.165) is 38.3 Å². The molecule has 2 rings (SSSR count). The molecule has 0 spiro atoms. The number of aromatic nitrogens is 2. The molecule has 1 aromatic heterocycles. The zero-order valence-corrected chi connectivity index (χ0v) is 11.5. The molecule has 2 heterocycles. The molecule has 4 heteroatoms. The number of nitrogens with zero attached hydrogens (tertiary/aromatic N) is 2. The first-order valence-corrected chi connectivity index (χ1v) is 6.95. The molecule has 102 valence electrons. The van der Waals surface area contributed by atoms with Crippen LogP contribution in [0.5, 0.6) is 0 Å². The van der Waals surface area contributed by atoms with Crippen LogP contribution in [-0.4, -0.2) is 39.7 Å². The fourth-order valence-electron chi connectivity index (χ4n) is 3.27. The van der Waals surface area contributed by atoms with E-state index in [0.29, 0.717) is 12.5 Å². The van der Waals surface area contributed by atoms with Crippen molar-refractivity contribution >= 4 is 0 Å². The highest BCUT2D eigenvalue weighted by atomic mass is 16.3. The predicted octanol–water partition coefficient (Wildman–Crippen LogP) is 2.03. The predicted molar refractivity (Wildman–Crippen MR) is 72.1 cm³/mol. The maximum atomic E-state index is 9.78. The number of aliphatic hydroxyl groups excluding tert-OH is 1. The Morgan fingerprint density at radius 1 is 1.56 bits per heavy atom. The molecule has 0 saturated carbocycles. The molecule has 4 nitrogen and oxygen atoms in total. The van der Waals surface area contributed by atoms with Crippen LogP contribution in [0.2, 0.25) is 0 Å². The van der Waals surface area contributed by atoms with Crippen molar-refractivity contribution < 1.29 is 5.11 Å². The average molecular weight is 251 g/mol. The Morgan fingerprint density at radius 2 is 2.39 bits per heavy atom. The van der Waals surface area contributed by atoms with Gasteiger partial charge in [-0.15, -0.1) is 0 Å². The highest BCUT2D eigenvalue weighted by Crippen LogP contribution is 2.36. The van der Waals surface area contributed by atoms with Gasteiger partial charge >= 0.3 is 0 Å². The van der Waals surface area contributed by atoms with Gasteiger partial charge < -0.3 is 10.1 Å². The monoisotopic (exact) mass is 251 g/mol. The molecule has 1 aromatic rings. The molecule has 1 atom stereocenters. The highest BCUT2D eigenvalue weighted by Gasteiger charge is 2.35. The van der Waals surface area contributed by atoms with E-state index in [1.165, 1.54) is 6.42 Å². The minimum Gasteiger partial charge on any atom is -0.396 e. The standard InChI is InChI=1S/C14H25N3O/c1-12(2)8-14(11-18)4-3-7-17(10-14)9-13-15-5-6-16-13/h5-6,12,18H,3-4,7-11H2,1-2H3,(H,15,16)/t14-/m0/s1. The Labute approximate surface area is 109 Å². The van der Waals surface area contributed by atoms with Crippen molar-refractivity contribution in [2.75, 3.05) is 19.7 Å². The molecule has 18 heavy (non-hydrogen) atoms. The molecule has 0 aliphatic carbocycles. The summed E-state index contributed by atoms with van der Waals surface area (Å²) >= 11 is 0. The van der Waals surface area contributed by atoms with Crippen molar-refractivity contribution in [2.24, 2.45) is 11.3 Å². The summed E-state index contributed by atoms with van der Waals surface area (Å²) in [5.74, 6) is 1.66. The lowest BCUT2D eigenvalue weighted by atomic mass is 9.74. The van der Waals surface area contributed by atoms with Crippen LogP contribution in [0.15, 0.2) is 12.4 Å². The zero-order chi connectivity index (χ0) is 13.0. The number of hydrogen-bond acceptors (Lipinski definition) is 3. The molecule has 1 aliphatic rings. The fourth-order valence-corrected chi connectivity index (χ4v) is 3.27. The van der Waals surface area contributed by atoms with Gasteiger partial charge in [0.05, 0.1) is 6.54 Å². The van der Waals surface area contributed by atoms with Gasteiger partial charge in [0.25, 0.3) is 0 Å². The Balaban J connectivity index is 1.98. The van der Waals surface area contributed by atoms with Gasteiger partial charge in [0.2, 0.25) is 0 Å². The first-order chi connectivity index (χ1) is 8.63. The summed E-state index contributed by atoms with van der Waals surface area (Å²) in [5.41, 5.74) is 0.0962. The van der Waals surface area contributed by atoms with Crippen LogP contribution in [0.4, 0.5) is 0 Å². The quantitative estimate of drug-likeness (QED) is 0.842. The second-order valence-corrected chi connectivity index (χ2v) is 6.11. The normalized spacial score (nSPS) is 25.8. The summed E-state index contributed by atoms with van der Waals surface area (Å²) in [5, 5.41) is 9.78. The van der Waals surface area contributed by atoms with Crippen molar-refractivity contribution in [3.8, 4) is 0 Å². The molecular formula is C14H25N3O. The van der Waals surface area contributed by atoms with E-state index in [2.05, 4.69) is 28.7 Å². The Kier molecular flexibility index (Phi) is 4.40. The molecule has 0 bridgehead atoms.